The van der Waals surface area contributed by atoms with Crippen LogP contribution in [0.5, 0.6) is 0 Å². The van der Waals surface area contributed by atoms with Gasteiger partial charge in [0.25, 0.3) is 0 Å². The zero-order valence-corrected chi connectivity index (χ0v) is 13.4. The van der Waals surface area contributed by atoms with E-state index in [9.17, 15) is 9.18 Å². The van der Waals surface area contributed by atoms with Crippen molar-refractivity contribution >= 4 is 43.5 Å². The van der Waals surface area contributed by atoms with Crippen molar-refractivity contribution in [2.45, 2.75) is 6.61 Å². The van der Waals surface area contributed by atoms with Crippen molar-refractivity contribution in [3.63, 3.8) is 0 Å². The van der Waals surface area contributed by atoms with Crippen LogP contribution in [0.25, 0.3) is 0 Å². The Kier molecular flexibility index (Phi) is 4.77. The molecule has 2 aromatic rings. The highest BCUT2D eigenvalue weighted by Crippen LogP contribution is 2.23. The largest absolute Gasteiger partial charge is 0.457 e. The third-order valence-electron chi connectivity index (χ3n) is 2.62. The molecule has 0 spiro atoms. The molecule has 0 atom stereocenters. The fourth-order valence-corrected chi connectivity index (χ4v) is 2.18. The van der Waals surface area contributed by atoms with Crippen molar-refractivity contribution in [2.24, 2.45) is 0 Å². The van der Waals surface area contributed by atoms with Crippen molar-refractivity contribution in [1.29, 1.82) is 0 Å². The number of rotatable bonds is 3. The predicted molar refractivity (Wildman–Crippen MR) is 81.8 cm³/mol. The summed E-state index contributed by atoms with van der Waals surface area (Å²) in [5.74, 6) is -0.910. The molecule has 0 amide bonds. The van der Waals surface area contributed by atoms with Gasteiger partial charge in [0.15, 0.2) is 0 Å². The number of nitrogens with two attached hydrogens (primary N) is 1. The van der Waals surface area contributed by atoms with Gasteiger partial charge >= 0.3 is 5.97 Å². The van der Waals surface area contributed by atoms with E-state index in [0.29, 0.717) is 25.8 Å². The summed E-state index contributed by atoms with van der Waals surface area (Å²) >= 11 is 6.36. The topological polar surface area (TPSA) is 52.3 Å². The molecule has 2 N–H and O–H groups in total. The van der Waals surface area contributed by atoms with Crippen molar-refractivity contribution < 1.29 is 13.9 Å². The highest BCUT2D eigenvalue weighted by Gasteiger charge is 2.11. The molecule has 0 aromatic heterocycles. The Hall–Kier alpha value is -1.40. The Morgan fingerprint density at radius 3 is 2.70 bits per heavy atom. The van der Waals surface area contributed by atoms with Crippen LogP contribution >= 0.6 is 31.9 Å². The number of anilines is 1. The van der Waals surface area contributed by atoms with Gasteiger partial charge in [-0.05, 0) is 56.1 Å². The summed E-state index contributed by atoms with van der Waals surface area (Å²) in [6.45, 7) is -0.0207. The van der Waals surface area contributed by atoms with Gasteiger partial charge in [-0.25, -0.2) is 9.18 Å². The van der Waals surface area contributed by atoms with Gasteiger partial charge in [-0.3, -0.25) is 0 Å². The quantitative estimate of drug-likeness (QED) is 0.615. The number of esters is 1. The summed E-state index contributed by atoms with van der Waals surface area (Å²) in [5.41, 5.74) is 7.05. The monoisotopic (exact) mass is 401 g/mol. The van der Waals surface area contributed by atoms with E-state index in [-0.39, 0.29) is 6.61 Å². The zero-order chi connectivity index (χ0) is 14.7. The van der Waals surface area contributed by atoms with Crippen LogP contribution < -0.4 is 5.73 Å². The first kappa shape index (κ1) is 15.0. The van der Waals surface area contributed by atoms with E-state index in [0.717, 1.165) is 0 Å². The number of hydrogen-bond acceptors (Lipinski definition) is 3. The molecule has 0 aliphatic rings. The summed E-state index contributed by atoms with van der Waals surface area (Å²) in [7, 11) is 0. The molecule has 2 aromatic carbocycles. The molecule has 0 aliphatic heterocycles. The Morgan fingerprint density at radius 1 is 1.25 bits per heavy atom. The van der Waals surface area contributed by atoms with Crippen molar-refractivity contribution in [2.75, 3.05) is 5.73 Å². The van der Waals surface area contributed by atoms with E-state index >= 15 is 0 Å². The third-order valence-corrected chi connectivity index (χ3v) is 4.23. The minimum absolute atomic E-state index is 0.0207. The molecule has 6 heteroatoms. The summed E-state index contributed by atoms with van der Waals surface area (Å²) in [4.78, 5) is 11.9. The third kappa shape index (κ3) is 3.37. The van der Waals surface area contributed by atoms with Gasteiger partial charge in [0.1, 0.15) is 12.4 Å². The van der Waals surface area contributed by atoms with E-state index in [1.54, 1.807) is 24.3 Å². The van der Waals surface area contributed by atoms with Gasteiger partial charge in [-0.2, -0.15) is 0 Å². The highest BCUT2D eigenvalue weighted by atomic mass is 79.9. The van der Waals surface area contributed by atoms with Crippen LogP contribution in [0.1, 0.15) is 15.9 Å². The van der Waals surface area contributed by atoms with Crippen molar-refractivity contribution in [3.05, 3.63) is 62.3 Å². The van der Waals surface area contributed by atoms with Crippen LogP contribution in [0.2, 0.25) is 0 Å². The van der Waals surface area contributed by atoms with E-state index in [4.69, 9.17) is 10.5 Å². The number of ether oxygens (including phenoxy) is 1. The number of carbonyl (C=O) groups excluding carboxylic acids is 1. The Labute approximate surface area is 132 Å². The van der Waals surface area contributed by atoms with E-state index in [1.807, 2.05) is 0 Å². The Bertz CT molecular complexity index is 662. The average Bonchev–Trinajstić information content (AvgIpc) is 2.43. The molecule has 104 valence electrons. The molecule has 20 heavy (non-hydrogen) atoms. The first-order chi connectivity index (χ1) is 9.49. The first-order valence-corrected chi connectivity index (χ1v) is 7.22. The minimum Gasteiger partial charge on any atom is -0.457 e. The number of benzene rings is 2. The molecule has 0 fully saturated rings. The van der Waals surface area contributed by atoms with Crippen molar-refractivity contribution in [3.8, 4) is 0 Å². The fraction of sp³-hybridized carbons (Fsp3) is 0.0714. The number of hydrogen-bond donors (Lipinski definition) is 1. The van der Waals surface area contributed by atoms with Gasteiger partial charge in [-0.15, -0.1) is 0 Å². The normalized spacial score (nSPS) is 10.3. The van der Waals surface area contributed by atoms with Gasteiger partial charge < -0.3 is 10.5 Å². The van der Waals surface area contributed by atoms with E-state index in [2.05, 4.69) is 31.9 Å². The first-order valence-electron chi connectivity index (χ1n) is 5.64. The molecule has 0 saturated carbocycles. The molecule has 0 heterocycles. The summed E-state index contributed by atoms with van der Waals surface area (Å²) in [6, 6.07) is 9.35. The maximum absolute atomic E-state index is 13.3. The minimum atomic E-state index is -0.514. The number of nitrogen functional groups attached to an aromatic ring is 1. The van der Waals surface area contributed by atoms with Crippen LogP contribution in [0.3, 0.4) is 0 Å². The number of halogens is 3. The van der Waals surface area contributed by atoms with Crippen molar-refractivity contribution in [1.82, 2.24) is 0 Å². The molecule has 0 saturated heterocycles. The lowest BCUT2D eigenvalue weighted by atomic mass is 10.2. The van der Waals surface area contributed by atoms with Crippen LogP contribution in [0, 0.1) is 5.82 Å². The second-order valence-electron chi connectivity index (χ2n) is 4.03. The van der Waals surface area contributed by atoms with Gasteiger partial charge in [0.05, 0.1) is 10.0 Å². The zero-order valence-electron chi connectivity index (χ0n) is 10.2. The lowest BCUT2D eigenvalue weighted by molar-refractivity contribution is 0.0471. The molecule has 0 unspecified atom stereocenters. The standard InChI is InChI=1S/C14H10Br2FNO2/c15-10-5-4-8(6-12(10)18)14(19)20-7-9-2-1-3-11(17)13(9)16/h1-6H,7,18H2. The maximum atomic E-state index is 13.3. The van der Waals surface area contributed by atoms with Gasteiger partial charge in [0.2, 0.25) is 0 Å². The van der Waals surface area contributed by atoms with Crippen LogP contribution in [-0.4, -0.2) is 5.97 Å². The second-order valence-corrected chi connectivity index (χ2v) is 5.67. The molecule has 0 aliphatic carbocycles. The molecule has 0 bridgehead atoms. The fourth-order valence-electron chi connectivity index (χ4n) is 1.56. The summed E-state index contributed by atoms with van der Waals surface area (Å²) in [5, 5.41) is 0. The van der Waals surface area contributed by atoms with Crippen LogP contribution in [0.15, 0.2) is 45.3 Å². The molecular formula is C14H10Br2FNO2. The second kappa shape index (κ2) is 6.37. The predicted octanol–water partition coefficient (Wildman–Crippen LogP) is 4.29. The van der Waals surface area contributed by atoms with Crippen LogP contribution in [-0.2, 0) is 11.3 Å². The summed E-state index contributed by atoms with van der Waals surface area (Å²) < 4.78 is 19.5. The average molecular weight is 403 g/mol. The number of carbonyl (C=O) groups is 1. The van der Waals surface area contributed by atoms with Gasteiger partial charge in [-0.1, -0.05) is 12.1 Å². The molecule has 3 nitrogen and oxygen atoms in total. The lowest BCUT2D eigenvalue weighted by Crippen LogP contribution is -2.06. The molecule has 0 radical (unpaired) electrons. The Balaban J connectivity index is 2.08. The van der Waals surface area contributed by atoms with E-state index < -0.39 is 11.8 Å². The smallest absolute Gasteiger partial charge is 0.338 e. The SMILES string of the molecule is Nc1cc(C(=O)OCc2cccc(F)c2Br)ccc1Br. The van der Waals surface area contributed by atoms with Crippen LogP contribution in [0.4, 0.5) is 10.1 Å². The molecular weight excluding hydrogens is 393 g/mol. The summed E-state index contributed by atoms with van der Waals surface area (Å²) in [6.07, 6.45) is 0. The molecule has 2 rings (SSSR count). The van der Waals surface area contributed by atoms with Gasteiger partial charge in [0, 0.05) is 15.7 Å². The Morgan fingerprint density at radius 2 is 2.00 bits per heavy atom. The lowest BCUT2D eigenvalue weighted by Gasteiger charge is -2.08. The maximum Gasteiger partial charge on any atom is 0.338 e. The highest BCUT2D eigenvalue weighted by molar-refractivity contribution is 9.10. The van der Waals surface area contributed by atoms with E-state index in [1.165, 1.54) is 12.1 Å².